The van der Waals surface area contributed by atoms with Gasteiger partial charge in [0.2, 0.25) is 0 Å². The summed E-state index contributed by atoms with van der Waals surface area (Å²) in [6.07, 6.45) is 8.68. The first-order valence-electron chi connectivity index (χ1n) is 11.2. The quantitative estimate of drug-likeness (QED) is 0.259. The van der Waals surface area contributed by atoms with E-state index in [0.29, 0.717) is 41.9 Å². The number of halogens is 2. The van der Waals surface area contributed by atoms with Crippen molar-refractivity contribution in [2.24, 2.45) is 0 Å². The molecule has 1 heterocycles. The molecular weight excluding hydrogens is 497 g/mol. The molecule has 2 aromatic rings. The number of aryl methyl sites for hydroxylation is 1. The normalized spacial score (nSPS) is 12.0. The Bertz CT molecular complexity index is 1140. The zero-order valence-electron chi connectivity index (χ0n) is 19.7. The lowest BCUT2D eigenvalue weighted by atomic mass is 10.2. The molecule has 0 bridgehead atoms. The van der Waals surface area contributed by atoms with Crippen LogP contribution in [0.15, 0.2) is 35.8 Å². The van der Waals surface area contributed by atoms with Gasteiger partial charge in [0.25, 0.3) is 15.9 Å². The Hall–Kier alpha value is -2.29. The standard InChI is InChI=1S/C24H31Cl2N3O4S/c1-4-6-8-14-33-20-11-10-19(21(25)16-20)17-29-18(3)27-24(26)22(29)12-13-23(30)28-34(31,32)15-9-7-5-2/h9-13,15-16H,4-8,14,17H2,1-3H3,(H,28,30)/b13-12+,15-9+. The lowest BCUT2D eigenvalue weighted by Crippen LogP contribution is -2.27. The summed E-state index contributed by atoms with van der Waals surface area (Å²) in [5.74, 6) is 0.539. The second-order valence-electron chi connectivity index (χ2n) is 7.74. The highest BCUT2D eigenvalue weighted by molar-refractivity contribution is 7.92. The molecule has 10 heteroatoms. The number of amides is 1. The third-order valence-electron chi connectivity index (χ3n) is 4.89. The Morgan fingerprint density at radius 2 is 1.97 bits per heavy atom. The van der Waals surface area contributed by atoms with Gasteiger partial charge < -0.3 is 9.30 Å². The zero-order chi connectivity index (χ0) is 25.1. The molecule has 0 aliphatic carbocycles. The summed E-state index contributed by atoms with van der Waals surface area (Å²) < 4.78 is 33.4. The first kappa shape index (κ1) is 28.0. The van der Waals surface area contributed by atoms with E-state index in [-0.39, 0.29) is 5.15 Å². The van der Waals surface area contributed by atoms with Crippen LogP contribution in [0.5, 0.6) is 5.75 Å². The molecule has 1 aromatic carbocycles. The molecule has 0 saturated heterocycles. The number of benzene rings is 1. The van der Waals surface area contributed by atoms with Crippen LogP contribution in [0.25, 0.3) is 6.08 Å². The van der Waals surface area contributed by atoms with Crippen molar-refractivity contribution in [1.29, 1.82) is 0 Å². The maximum atomic E-state index is 12.2. The fraction of sp³-hybridized carbons (Fsp3) is 0.417. The Labute approximate surface area is 211 Å². The van der Waals surface area contributed by atoms with Gasteiger partial charge in [-0.3, -0.25) is 4.79 Å². The van der Waals surface area contributed by atoms with Crippen molar-refractivity contribution in [1.82, 2.24) is 14.3 Å². The molecule has 0 unspecified atom stereocenters. The van der Waals surface area contributed by atoms with Crippen LogP contribution in [0, 0.1) is 6.92 Å². The van der Waals surface area contributed by atoms with Gasteiger partial charge in [0.05, 0.1) is 18.8 Å². The van der Waals surface area contributed by atoms with E-state index in [9.17, 15) is 13.2 Å². The largest absolute Gasteiger partial charge is 0.494 e. The van der Waals surface area contributed by atoms with Gasteiger partial charge in [0.15, 0.2) is 5.15 Å². The summed E-state index contributed by atoms with van der Waals surface area (Å²) in [6, 6.07) is 5.51. The molecule has 1 N–H and O–H groups in total. The van der Waals surface area contributed by atoms with Gasteiger partial charge in [-0.2, -0.15) is 0 Å². The minimum absolute atomic E-state index is 0.194. The van der Waals surface area contributed by atoms with E-state index in [2.05, 4.69) is 11.9 Å². The van der Waals surface area contributed by atoms with E-state index in [1.807, 2.05) is 23.8 Å². The van der Waals surface area contributed by atoms with Crippen molar-refractivity contribution >= 4 is 45.2 Å². The highest BCUT2D eigenvalue weighted by atomic mass is 35.5. The first-order chi connectivity index (χ1) is 16.2. The minimum atomic E-state index is -3.86. The fourth-order valence-corrected chi connectivity index (χ4v) is 4.41. The molecule has 0 radical (unpaired) electrons. The summed E-state index contributed by atoms with van der Waals surface area (Å²) >= 11 is 12.7. The van der Waals surface area contributed by atoms with Crippen LogP contribution < -0.4 is 9.46 Å². The van der Waals surface area contributed by atoms with Gasteiger partial charge in [0, 0.05) is 16.5 Å². The molecule has 0 aliphatic rings. The van der Waals surface area contributed by atoms with Crippen molar-refractivity contribution < 1.29 is 17.9 Å². The average Bonchev–Trinajstić information content (AvgIpc) is 3.03. The highest BCUT2D eigenvalue weighted by Crippen LogP contribution is 2.26. The summed E-state index contributed by atoms with van der Waals surface area (Å²) in [4.78, 5) is 16.4. The number of ether oxygens (including phenoxy) is 1. The fourth-order valence-electron chi connectivity index (χ4n) is 3.09. The predicted molar refractivity (Wildman–Crippen MR) is 138 cm³/mol. The smallest absolute Gasteiger partial charge is 0.257 e. The summed E-state index contributed by atoms with van der Waals surface area (Å²) in [7, 11) is -3.86. The van der Waals surface area contributed by atoms with Crippen molar-refractivity contribution in [3.63, 3.8) is 0 Å². The highest BCUT2D eigenvalue weighted by Gasteiger charge is 2.14. The predicted octanol–water partition coefficient (Wildman–Crippen LogP) is 5.89. The van der Waals surface area contributed by atoms with Crippen LogP contribution in [-0.4, -0.2) is 30.5 Å². The van der Waals surface area contributed by atoms with Gasteiger partial charge in [-0.15, -0.1) is 0 Å². The molecule has 0 fully saturated rings. The van der Waals surface area contributed by atoms with E-state index in [4.69, 9.17) is 27.9 Å². The van der Waals surface area contributed by atoms with Crippen molar-refractivity contribution in [2.75, 3.05) is 6.61 Å². The molecule has 186 valence electrons. The topological polar surface area (TPSA) is 90.3 Å². The van der Waals surface area contributed by atoms with Crippen molar-refractivity contribution in [3.05, 3.63) is 63.0 Å². The van der Waals surface area contributed by atoms with Crippen molar-refractivity contribution in [3.8, 4) is 5.75 Å². The van der Waals surface area contributed by atoms with E-state index < -0.39 is 15.9 Å². The number of nitrogens with one attached hydrogen (secondary N) is 1. The van der Waals surface area contributed by atoms with Crippen LogP contribution in [0.3, 0.4) is 0 Å². The monoisotopic (exact) mass is 527 g/mol. The molecule has 7 nitrogen and oxygen atoms in total. The van der Waals surface area contributed by atoms with Crippen LogP contribution in [-0.2, 0) is 21.4 Å². The minimum Gasteiger partial charge on any atom is -0.494 e. The molecule has 0 spiro atoms. The van der Waals surface area contributed by atoms with Crippen molar-refractivity contribution in [2.45, 2.75) is 59.4 Å². The number of carbonyl (C=O) groups is 1. The lowest BCUT2D eigenvalue weighted by molar-refractivity contribution is -0.114. The summed E-state index contributed by atoms with van der Waals surface area (Å²) in [6.45, 7) is 6.85. The summed E-state index contributed by atoms with van der Waals surface area (Å²) in [5, 5.41) is 1.72. The van der Waals surface area contributed by atoms with E-state index in [0.717, 1.165) is 42.7 Å². The van der Waals surface area contributed by atoms with Crippen LogP contribution in [0.1, 0.15) is 63.0 Å². The molecule has 1 aromatic heterocycles. The number of carbonyl (C=O) groups excluding carboxylic acids is 1. The Kier molecular flexibility index (Phi) is 11.1. The molecule has 0 aliphatic heterocycles. The van der Waals surface area contributed by atoms with Gasteiger partial charge in [-0.05, 0) is 43.5 Å². The number of hydrogen-bond acceptors (Lipinski definition) is 5. The average molecular weight is 529 g/mol. The van der Waals surface area contributed by atoms with Gasteiger partial charge >= 0.3 is 0 Å². The Balaban J connectivity index is 2.14. The number of hydrogen-bond donors (Lipinski definition) is 1. The van der Waals surface area contributed by atoms with Crippen LogP contribution in [0.2, 0.25) is 10.2 Å². The Morgan fingerprint density at radius 3 is 2.65 bits per heavy atom. The van der Waals surface area contributed by atoms with E-state index in [1.54, 1.807) is 17.6 Å². The number of nitrogens with zero attached hydrogens (tertiary/aromatic N) is 2. The number of imidazole rings is 1. The number of sulfonamides is 1. The maximum absolute atomic E-state index is 12.2. The molecule has 0 saturated carbocycles. The van der Waals surface area contributed by atoms with Gasteiger partial charge in [-0.25, -0.2) is 18.1 Å². The second-order valence-corrected chi connectivity index (χ2v) is 10.1. The van der Waals surface area contributed by atoms with Crippen LogP contribution in [0.4, 0.5) is 0 Å². The molecular formula is C24H31Cl2N3O4S. The van der Waals surface area contributed by atoms with Gasteiger partial charge in [0.1, 0.15) is 11.6 Å². The molecule has 1 amide bonds. The van der Waals surface area contributed by atoms with E-state index in [1.165, 1.54) is 12.2 Å². The molecule has 2 rings (SSSR count). The summed E-state index contributed by atoms with van der Waals surface area (Å²) in [5.41, 5.74) is 1.28. The maximum Gasteiger partial charge on any atom is 0.257 e. The molecule has 0 atom stereocenters. The number of unbranched alkanes of at least 4 members (excludes halogenated alkanes) is 3. The number of aromatic nitrogens is 2. The SMILES string of the molecule is CCC/C=C/S(=O)(=O)NC(=O)/C=C/c1c(Cl)nc(C)n1Cc1ccc(OCCCCC)cc1Cl. The first-order valence-corrected chi connectivity index (χ1v) is 13.5. The third kappa shape index (κ3) is 8.81. The van der Waals surface area contributed by atoms with E-state index >= 15 is 0 Å². The second kappa shape index (κ2) is 13.6. The number of allylic oxidation sites excluding steroid dienone is 1. The Morgan fingerprint density at radius 1 is 1.21 bits per heavy atom. The lowest BCUT2D eigenvalue weighted by Gasteiger charge is -2.12. The number of rotatable bonds is 13. The third-order valence-corrected chi connectivity index (χ3v) is 6.55. The zero-order valence-corrected chi connectivity index (χ0v) is 22.0. The van der Waals surface area contributed by atoms with Gasteiger partial charge in [-0.1, -0.05) is 68.5 Å². The van der Waals surface area contributed by atoms with Crippen LogP contribution >= 0.6 is 23.2 Å². The molecule has 34 heavy (non-hydrogen) atoms.